The van der Waals surface area contributed by atoms with Crippen LogP contribution in [0.4, 0.5) is 0 Å². The van der Waals surface area contributed by atoms with Crippen molar-refractivity contribution in [1.29, 1.82) is 0 Å². The van der Waals surface area contributed by atoms with E-state index in [9.17, 15) is 4.79 Å². The average Bonchev–Trinajstić information content (AvgIpc) is 2.18. The van der Waals surface area contributed by atoms with Crippen LogP contribution in [-0.4, -0.2) is 22.5 Å². The summed E-state index contributed by atoms with van der Waals surface area (Å²) in [6.45, 7) is 7.41. The van der Waals surface area contributed by atoms with Gasteiger partial charge >= 0.3 is 0 Å². The van der Waals surface area contributed by atoms with Crippen LogP contribution in [0.15, 0.2) is 18.3 Å². The Bertz CT molecular complexity index is 402. The Hall–Kier alpha value is -1.29. The van der Waals surface area contributed by atoms with Crippen molar-refractivity contribution in [2.75, 3.05) is 0 Å². The van der Waals surface area contributed by atoms with E-state index in [1.807, 2.05) is 20.8 Å². The molecule has 1 rings (SSSR count). The second kappa shape index (κ2) is 5.36. The second-order valence-corrected chi connectivity index (χ2v) is 5.15. The highest BCUT2D eigenvalue weighted by atomic mass is 35.5. The molecular weight excluding hydrogens is 240 g/mol. The second-order valence-electron chi connectivity index (χ2n) is 4.79. The third kappa shape index (κ3) is 4.61. The van der Waals surface area contributed by atoms with Crippen LogP contribution < -0.4 is 10.1 Å². The molecule has 0 aliphatic carbocycles. The Morgan fingerprint density at radius 2 is 2.18 bits per heavy atom. The van der Waals surface area contributed by atoms with E-state index < -0.39 is 6.10 Å². The lowest BCUT2D eigenvalue weighted by atomic mass is 10.1. The molecule has 0 aromatic carbocycles. The van der Waals surface area contributed by atoms with Crippen molar-refractivity contribution in [2.45, 2.75) is 39.3 Å². The first kappa shape index (κ1) is 13.8. The Labute approximate surface area is 106 Å². The summed E-state index contributed by atoms with van der Waals surface area (Å²) in [5, 5.41) is 3.08. The van der Waals surface area contributed by atoms with Gasteiger partial charge in [0.2, 0.25) is 0 Å². The number of hydrogen-bond donors (Lipinski definition) is 1. The van der Waals surface area contributed by atoms with Crippen LogP contribution in [0, 0.1) is 0 Å². The quantitative estimate of drug-likeness (QED) is 0.845. The largest absolute Gasteiger partial charge is 0.478 e. The average molecular weight is 257 g/mol. The highest BCUT2D eigenvalue weighted by Crippen LogP contribution is 2.21. The molecule has 94 valence electrons. The number of carbonyl (C=O) groups is 1. The number of halogens is 1. The third-order valence-electron chi connectivity index (χ3n) is 1.90. The molecule has 0 radical (unpaired) electrons. The topological polar surface area (TPSA) is 51.2 Å². The fraction of sp³-hybridized carbons (Fsp3) is 0.500. The van der Waals surface area contributed by atoms with E-state index >= 15 is 0 Å². The SMILES string of the molecule is CC(Oc1cccnc1Cl)C(=O)NC(C)(C)C. The van der Waals surface area contributed by atoms with E-state index in [0.29, 0.717) is 5.75 Å². The van der Waals surface area contributed by atoms with Crippen LogP contribution in [0.25, 0.3) is 0 Å². The maximum absolute atomic E-state index is 11.8. The van der Waals surface area contributed by atoms with E-state index in [1.54, 1.807) is 25.3 Å². The maximum Gasteiger partial charge on any atom is 0.261 e. The molecule has 1 aromatic heterocycles. The van der Waals surface area contributed by atoms with Crippen LogP contribution in [0.3, 0.4) is 0 Å². The Morgan fingerprint density at radius 1 is 1.53 bits per heavy atom. The Balaban J connectivity index is 2.64. The van der Waals surface area contributed by atoms with E-state index in [4.69, 9.17) is 16.3 Å². The van der Waals surface area contributed by atoms with Gasteiger partial charge in [-0.05, 0) is 39.8 Å². The Kier molecular flexibility index (Phi) is 4.34. The summed E-state index contributed by atoms with van der Waals surface area (Å²) in [4.78, 5) is 15.6. The predicted molar refractivity (Wildman–Crippen MR) is 67.2 cm³/mol. The molecule has 0 aliphatic heterocycles. The number of carbonyl (C=O) groups excluding carboxylic acids is 1. The number of ether oxygens (including phenoxy) is 1. The van der Waals surface area contributed by atoms with Gasteiger partial charge in [-0.15, -0.1) is 0 Å². The summed E-state index contributed by atoms with van der Waals surface area (Å²) in [5.74, 6) is 0.225. The van der Waals surface area contributed by atoms with Crippen molar-refractivity contribution >= 4 is 17.5 Å². The number of pyridine rings is 1. The summed E-state index contributed by atoms with van der Waals surface area (Å²) in [6.07, 6.45) is 0.950. The van der Waals surface area contributed by atoms with Crippen molar-refractivity contribution in [3.63, 3.8) is 0 Å². The summed E-state index contributed by atoms with van der Waals surface area (Å²) >= 11 is 5.84. The molecule has 0 aliphatic rings. The fourth-order valence-corrected chi connectivity index (χ4v) is 1.34. The minimum Gasteiger partial charge on any atom is -0.478 e. The first-order chi connectivity index (χ1) is 7.79. The minimum absolute atomic E-state index is 0.183. The Morgan fingerprint density at radius 3 is 2.71 bits per heavy atom. The van der Waals surface area contributed by atoms with E-state index in [0.717, 1.165) is 0 Å². The van der Waals surface area contributed by atoms with Gasteiger partial charge in [0, 0.05) is 11.7 Å². The van der Waals surface area contributed by atoms with Gasteiger partial charge < -0.3 is 10.1 Å². The lowest BCUT2D eigenvalue weighted by molar-refractivity contribution is -0.128. The van der Waals surface area contributed by atoms with Crippen molar-refractivity contribution in [2.24, 2.45) is 0 Å². The molecule has 17 heavy (non-hydrogen) atoms. The summed E-state index contributed by atoms with van der Waals surface area (Å²) in [7, 11) is 0. The molecule has 1 amide bonds. The molecule has 4 nitrogen and oxygen atoms in total. The van der Waals surface area contributed by atoms with E-state index in [-0.39, 0.29) is 16.6 Å². The lowest BCUT2D eigenvalue weighted by Crippen LogP contribution is -2.46. The van der Waals surface area contributed by atoms with Gasteiger partial charge in [-0.3, -0.25) is 4.79 Å². The molecule has 0 spiro atoms. The first-order valence-electron chi connectivity index (χ1n) is 5.39. The van der Waals surface area contributed by atoms with Gasteiger partial charge in [0.1, 0.15) is 0 Å². The number of amides is 1. The summed E-state index contributed by atoms with van der Waals surface area (Å²) in [6, 6.07) is 3.38. The third-order valence-corrected chi connectivity index (χ3v) is 2.18. The molecule has 1 aromatic rings. The minimum atomic E-state index is -0.615. The highest BCUT2D eigenvalue weighted by molar-refractivity contribution is 6.30. The van der Waals surface area contributed by atoms with Gasteiger partial charge in [-0.1, -0.05) is 11.6 Å². The van der Waals surface area contributed by atoms with Gasteiger partial charge in [0.25, 0.3) is 5.91 Å². The molecule has 1 N–H and O–H groups in total. The van der Waals surface area contributed by atoms with Crippen molar-refractivity contribution in [1.82, 2.24) is 10.3 Å². The summed E-state index contributed by atoms with van der Waals surface area (Å²) in [5.41, 5.74) is -0.284. The molecule has 0 fully saturated rings. The van der Waals surface area contributed by atoms with Crippen molar-refractivity contribution in [3.8, 4) is 5.75 Å². The predicted octanol–water partition coefficient (Wildman–Crippen LogP) is 2.42. The van der Waals surface area contributed by atoms with Crippen LogP contribution in [0.1, 0.15) is 27.7 Å². The molecule has 1 atom stereocenters. The number of aromatic nitrogens is 1. The van der Waals surface area contributed by atoms with Crippen LogP contribution >= 0.6 is 11.6 Å². The zero-order valence-electron chi connectivity index (χ0n) is 10.5. The number of nitrogens with zero attached hydrogens (tertiary/aromatic N) is 1. The van der Waals surface area contributed by atoms with Gasteiger partial charge in [-0.25, -0.2) is 4.98 Å². The normalized spacial score (nSPS) is 13.0. The zero-order chi connectivity index (χ0) is 13.1. The van der Waals surface area contributed by atoms with Gasteiger partial charge in [0.05, 0.1) is 0 Å². The molecule has 0 saturated carbocycles. The van der Waals surface area contributed by atoms with Crippen molar-refractivity contribution in [3.05, 3.63) is 23.5 Å². The maximum atomic E-state index is 11.8. The fourth-order valence-electron chi connectivity index (χ4n) is 1.17. The number of nitrogens with one attached hydrogen (secondary N) is 1. The lowest BCUT2D eigenvalue weighted by Gasteiger charge is -2.23. The van der Waals surface area contributed by atoms with Crippen LogP contribution in [0.5, 0.6) is 5.75 Å². The molecule has 1 unspecified atom stereocenters. The molecule has 1 heterocycles. The number of rotatable bonds is 3. The molecule has 5 heteroatoms. The van der Waals surface area contributed by atoms with E-state index in [2.05, 4.69) is 10.3 Å². The van der Waals surface area contributed by atoms with Crippen molar-refractivity contribution < 1.29 is 9.53 Å². The number of hydrogen-bond acceptors (Lipinski definition) is 3. The first-order valence-corrected chi connectivity index (χ1v) is 5.76. The molecular formula is C12H17ClN2O2. The molecule has 0 bridgehead atoms. The van der Waals surface area contributed by atoms with Gasteiger partial charge in [0.15, 0.2) is 17.0 Å². The molecule has 0 saturated heterocycles. The zero-order valence-corrected chi connectivity index (χ0v) is 11.2. The van der Waals surface area contributed by atoms with E-state index in [1.165, 1.54) is 0 Å². The monoisotopic (exact) mass is 256 g/mol. The van der Waals surface area contributed by atoms with Gasteiger partial charge in [-0.2, -0.15) is 0 Å². The van der Waals surface area contributed by atoms with Crippen LogP contribution in [0.2, 0.25) is 5.15 Å². The summed E-state index contributed by atoms with van der Waals surface area (Å²) < 4.78 is 5.45. The standard InChI is InChI=1S/C12H17ClN2O2/c1-8(11(16)15-12(2,3)4)17-9-6-5-7-14-10(9)13/h5-8H,1-4H3,(H,15,16). The van der Waals surface area contributed by atoms with Crippen LogP contribution in [-0.2, 0) is 4.79 Å². The smallest absolute Gasteiger partial charge is 0.261 e. The highest BCUT2D eigenvalue weighted by Gasteiger charge is 2.21.